The van der Waals surface area contributed by atoms with Gasteiger partial charge in [0.1, 0.15) is 12.2 Å². The van der Waals surface area contributed by atoms with Gasteiger partial charge in [0.25, 0.3) is 0 Å². The van der Waals surface area contributed by atoms with Crippen LogP contribution in [0.25, 0.3) is 0 Å². The minimum absolute atomic E-state index is 0.225. The van der Waals surface area contributed by atoms with Crippen molar-refractivity contribution in [3.8, 4) is 0 Å². The molecule has 1 aromatic rings. The van der Waals surface area contributed by atoms with E-state index in [9.17, 15) is 9.59 Å². The largest absolute Gasteiger partial charge is 0.445 e. The number of fused-ring (bicyclic) bond motifs is 1. The lowest BCUT2D eigenvalue weighted by atomic mass is 10.2. The molecule has 3 saturated heterocycles. The van der Waals surface area contributed by atoms with Gasteiger partial charge in [-0.3, -0.25) is 4.90 Å². The molecule has 0 bridgehead atoms. The lowest BCUT2D eigenvalue weighted by Gasteiger charge is -2.27. The van der Waals surface area contributed by atoms with Gasteiger partial charge in [-0.15, -0.1) is 0 Å². The van der Waals surface area contributed by atoms with Crippen LogP contribution in [0.3, 0.4) is 0 Å². The summed E-state index contributed by atoms with van der Waals surface area (Å²) < 4.78 is 10.9. The lowest BCUT2D eigenvalue weighted by molar-refractivity contribution is 0.0252. The van der Waals surface area contributed by atoms with E-state index in [1.54, 1.807) is 9.80 Å². The Bertz CT molecular complexity index is 721. The quantitative estimate of drug-likeness (QED) is 0.747. The van der Waals surface area contributed by atoms with Crippen LogP contribution in [-0.2, 0) is 16.1 Å². The first-order valence-corrected chi connectivity index (χ1v) is 10.0. The molecule has 3 aliphatic heterocycles. The summed E-state index contributed by atoms with van der Waals surface area (Å²) in [6, 6.07) is 10.9. The molecular weight excluding hydrogens is 358 g/mol. The molecule has 152 valence electrons. The number of hydrogen-bond donors (Lipinski definition) is 0. The maximum atomic E-state index is 12.3. The highest BCUT2D eigenvalue weighted by Crippen LogP contribution is 2.40. The van der Waals surface area contributed by atoms with Gasteiger partial charge in [0.15, 0.2) is 0 Å². The second kappa shape index (κ2) is 7.28. The Morgan fingerprint density at radius 3 is 2.32 bits per heavy atom. The molecule has 0 spiro atoms. The molecule has 7 heteroatoms. The third kappa shape index (κ3) is 4.09. The molecule has 2 amide bonds. The zero-order valence-corrected chi connectivity index (χ0v) is 16.8. The first kappa shape index (κ1) is 19.1. The second-order valence-electron chi connectivity index (χ2n) is 8.90. The highest BCUT2D eigenvalue weighted by atomic mass is 16.6. The zero-order chi connectivity index (χ0) is 19.9. The van der Waals surface area contributed by atoms with E-state index in [0.717, 1.165) is 18.5 Å². The zero-order valence-electron chi connectivity index (χ0n) is 16.8. The fourth-order valence-corrected chi connectivity index (χ4v) is 4.29. The van der Waals surface area contributed by atoms with E-state index in [4.69, 9.17) is 9.47 Å². The van der Waals surface area contributed by atoms with Crippen molar-refractivity contribution in [1.29, 1.82) is 0 Å². The predicted octanol–water partition coefficient (Wildman–Crippen LogP) is 2.70. The van der Waals surface area contributed by atoms with Crippen molar-refractivity contribution < 1.29 is 19.1 Å². The van der Waals surface area contributed by atoms with Gasteiger partial charge in [-0.2, -0.15) is 0 Å². The molecular formula is C21H29N3O4. The summed E-state index contributed by atoms with van der Waals surface area (Å²) in [4.78, 5) is 30.6. The van der Waals surface area contributed by atoms with Gasteiger partial charge in [0.2, 0.25) is 0 Å². The first-order chi connectivity index (χ1) is 13.3. The van der Waals surface area contributed by atoms with Gasteiger partial charge in [-0.25, -0.2) is 9.59 Å². The van der Waals surface area contributed by atoms with Crippen molar-refractivity contribution in [3.63, 3.8) is 0 Å². The van der Waals surface area contributed by atoms with Crippen molar-refractivity contribution in [2.45, 2.75) is 57.5 Å². The standard InChI is InChI=1S/C21H29N3O4/c1-21(2,3)28-20(26)23-12-17-18(13-23)24(17)16-9-10-22(11-16)19(25)27-14-15-7-5-4-6-8-15/h4-8,16-18H,9-14H2,1-3H3. The van der Waals surface area contributed by atoms with Crippen LogP contribution in [0.5, 0.6) is 0 Å². The Kier molecular flexibility index (Phi) is 4.95. The van der Waals surface area contributed by atoms with Gasteiger partial charge in [0.05, 0.1) is 0 Å². The Hall–Kier alpha value is -2.28. The number of likely N-dealkylation sites (tertiary alicyclic amines) is 2. The van der Waals surface area contributed by atoms with E-state index >= 15 is 0 Å². The maximum absolute atomic E-state index is 12.3. The Labute approximate surface area is 166 Å². The molecule has 0 N–H and O–H groups in total. The Balaban J connectivity index is 1.21. The van der Waals surface area contributed by atoms with Gasteiger partial charge in [0, 0.05) is 44.3 Å². The minimum atomic E-state index is -0.463. The van der Waals surface area contributed by atoms with E-state index in [-0.39, 0.29) is 12.2 Å². The Morgan fingerprint density at radius 2 is 1.68 bits per heavy atom. The van der Waals surface area contributed by atoms with E-state index in [1.807, 2.05) is 51.1 Å². The van der Waals surface area contributed by atoms with Crippen LogP contribution in [0.4, 0.5) is 9.59 Å². The molecule has 0 aliphatic carbocycles. The first-order valence-electron chi connectivity index (χ1n) is 10.0. The monoisotopic (exact) mass is 387 g/mol. The normalized spacial score (nSPS) is 28.8. The van der Waals surface area contributed by atoms with E-state index < -0.39 is 5.60 Å². The van der Waals surface area contributed by atoms with Crippen LogP contribution in [0, 0.1) is 0 Å². The number of carbonyl (C=O) groups is 2. The summed E-state index contributed by atoms with van der Waals surface area (Å²) in [7, 11) is 0. The van der Waals surface area contributed by atoms with Crippen LogP contribution < -0.4 is 0 Å². The average molecular weight is 387 g/mol. The minimum Gasteiger partial charge on any atom is -0.445 e. The van der Waals surface area contributed by atoms with Gasteiger partial charge < -0.3 is 19.3 Å². The van der Waals surface area contributed by atoms with E-state index in [1.165, 1.54) is 0 Å². The number of ether oxygens (including phenoxy) is 2. The highest BCUT2D eigenvalue weighted by molar-refractivity contribution is 5.69. The molecule has 3 aliphatic rings. The van der Waals surface area contributed by atoms with Crippen molar-refractivity contribution in [2.75, 3.05) is 26.2 Å². The third-order valence-corrected chi connectivity index (χ3v) is 5.64. The topological polar surface area (TPSA) is 62.1 Å². The molecule has 0 radical (unpaired) electrons. The van der Waals surface area contributed by atoms with Gasteiger partial charge in [-0.1, -0.05) is 30.3 Å². The number of benzene rings is 1. The van der Waals surface area contributed by atoms with Gasteiger partial charge >= 0.3 is 12.2 Å². The molecule has 28 heavy (non-hydrogen) atoms. The van der Waals surface area contributed by atoms with Gasteiger partial charge in [-0.05, 0) is 32.8 Å². The number of amides is 2. The number of nitrogens with zero attached hydrogens (tertiary/aromatic N) is 3. The predicted molar refractivity (Wildman–Crippen MR) is 104 cm³/mol. The number of carbonyl (C=O) groups excluding carboxylic acids is 2. The second-order valence-corrected chi connectivity index (χ2v) is 8.90. The number of rotatable bonds is 3. The molecule has 7 nitrogen and oxygen atoms in total. The molecule has 3 heterocycles. The molecule has 0 saturated carbocycles. The summed E-state index contributed by atoms with van der Waals surface area (Å²) in [6.45, 7) is 8.83. The highest BCUT2D eigenvalue weighted by Gasteiger charge is 2.58. The third-order valence-electron chi connectivity index (χ3n) is 5.64. The van der Waals surface area contributed by atoms with Crippen LogP contribution in [0.2, 0.25) is 0 Å². The summed E-state index contributed by atoms with van der Waals surface area (Å²) in [6.07, 6.45) is 0.491. The van der Waals surface area contributed by atoms with E-state index in [0.29, 0.717) is 44.4 Å². The fourth-order valence-electron chi connectivity index (χ4n) is 4.29. The van der Waals surface area contributed by atoms with Crippen LogP contribution in [0.1, 0.15) is 32.8 Å². The maximum Gasteiger partial charge on any atom is 0.410 e. The molecule has 4 rings (SSSR count). The van der Waals surface area contributed by atoms with Crippen LogP contribution in [0.15, 0.2) is 30.3 Å². The van der Waals surface area contributed by atoms with Crippen LogP contribution >= 0.6 is 0 Å². The molecule has 3 atom stereocenters. The van der Waals surface area contributed by atoms with Crippen LogP contribution in [-0.4, -0.2) is 76.8 Å². The summed E-state index contributed by atoms with van der Waals surface area (Å²) in [5.74, 6) is 0. The van der Waals surface area contributed by atoms with Crippen molar-refractivity contribution in [3.05, 3.63) is 35.9 Å². The fraction of sp³-hybridized carbons (Fsp3) is 0.619. The lowest BCUT2D eigenvalue weighted by Crippen LogP contribution is -2.41. The number of hydrogen-bond acceptors (Lipinski definition) is 5. The van der Waals surface area contributed by atoms with Crippen molar-refractivity contribution in [1.82, 2.24) is 14.7 Å². The molecule has 1 aromatic carbocycles. The Morgan fingerprint density at radius 1 is 1.00 bits per heavy atom. The van der Waals surface area contributed by atoms with E-state index in [2.05, 4.69) is 4.90 Å². The molecule has 3 fully saturated rings. The molecule has 3 unspecified atom stereocenters. The summed E-state index contributed by atoms with van der Waals surface area (Å²) >= 11 is 0. The van der Waals surface area contributed by atoms with Crippen molar-refractivity contribution >= 4 is 12.2 Å². The summed E-state index contributed by atoms with van der Waals surface area (Å²) in [5, 5.41) is 0. The average Bonchev–Trinajstić information content (AvgIpc) is 3.04. The summed E-state index contributed by atoms with van der Waals surface area (Å²) in [5.41, 5.74) is 0.532. The SMILES string of the molecule is CC(C)(C)OC(=O)N1CC2C(C1)N2C1CCN(C(=O)OCc2ccccc2)C1. The molecule has 0 aromatic heterocycles. The smallest absolute Gasteiger partial charge is 0.410 e. The van der Waals surface area contributed by atoms with Crippen molar-refractivity contribution in [2.24, 2.45) is 0 Å². The number of piperazine rings is 1.